The molecule has 3 rings (SSSR count). The van der Waals surface area contributed by atoms with Crippen LogP contribution in [0.4, 0.5) is 0 Å². The molecule has 0 radical (unpaired) electrons. The van der Waals surface area contributed by atoms with Crippen molar-refractivity contribution in [2.75, 3.05) is 13.2 Å². The Balaban J connectivity index is 1.56. The van der Waals surface area contributed by atoms with Crippen LogP contribution in [0, 0.1) is 0 Å². The highest BCUT2D eigenvalue weighted by molar-refractivity contribution is 6.30. The zero-order valence-electron chi connectivity index (χ0n) is 12.2. The van der Waals surface area contributed by atoms with Gasteiger partial charge >= 0.3 is 0 Å². The number of amides is 1. The van der Waals surface area contributed by atoms with Gasteiger partial charge in [0.25, 0.3) is 0 Å². The lowest BCUT2D eigenvalue weighted by Crippen LogP contribution is -2.31. The Morgan fingerprint density at radius 2 is 1.95 bits per heavy atom. The summed E-state index contributed by atoms with van der Waals surface area (Å²) in [6.07, 6.45) is 1.31. The molecular weight excluding hydrogens is 298 g/mol. The minimum absolute atomic E-state index is 0.0336. The summed E-state index contributed by atoms with van der Waals surface area (Å²) in [6, 6.07) is 15.4. The van der Waals surface area contributed by atoms with Crippen LogP contribution >= 0.6 is 11.6 Å². The minimum Gasteiger partial charge on any atom is -0.493 e. The third-order valence-electron chi connectivity index (χ3n) is 3.91. The van der Waals surface area contributed by atoms with Crippen LogP contribution in [0.1, 0.15) is 23.5 Å². The van der Waals surface area contributed by atoms with Crippen molar-refractivity contribution in [2.24, 2.45) is 0 Å². The van der Waals surface area contributed by atoms with Crippen molar-refractivity contribution in [3.05, 3.63) is 64.7 Å². The predicted molar refractivity (Wildman–Crippen MR) is 87.5 cm³/mol. The standard InChI is InChI=1S/C18H18ClNO2/c19-15-7-5-13(6-8-15)11-18(21)20-12-14-9-10-22-17-4-2-1-3-16(14)17/h1-8,14H,9-12H2,(H,20,21). The van der Waals surface area contributed by atoms with Crippen molar-refractivity contribution in [1.82, 2.24) is 5.32 Å². The van der Waals surface area contributed by atoms with E-state index in [9.17, 15) is 4.79 Å². The fourth-order valence-electron chi connectivity index (χ4n) is 2.72. The molecule has 3 nitrogen and oxygen atoms in total. The second-order valence-corrected chi connectivity index (χ2v) is 5.92. The van der Waals surface area contributed by atoms with Gasteiger partial charge in [-0.05, 0) is 35.7 Å². The van der Waals surface area contributed by atoms with Crippen LogP contribution in [0.2, 0.25) is 5.02 Å². The van der Waals surface area contributed by atoms with E-state index in [1.165, 1.54) is 5.56 Å². The third-order valence-corrected chi connectivity index (χ3v) is 4.16. The smallest absolute Gasteiger partial charge is 0.224 e. The zero-order valence-corrected chi connectivity index (χ0v) is 13.0. The Morgan fingerprint density at radius 3 is 2.77 bits per heavy atom. The number of fused-ring (bicyclic) bond motifs is 1. The van der Waals surface area contributed by atoms with Crippen LogP contribution < -0.4 is 10.1 Å². The number of hydrogen-bond acceptors (Lipinski definition) is 2. The van der Waals surface area contributed by atoms with Crippen molar-refractivity contribution < 1.29 is 9.53 Å². The molecule has 22 heavy (non-hydrogen) atoms. The van der Waals surface area contributed by atoms with Crippen LogP contribution in [-0.4, -0.2) is 19.1 Å². The Bertz CT molecular complexity index is 654. The van der Waals surface area contributed by atoms with Gasteiger partial charge < -0.3 is 10.1 Å². The molecule has 1 heterocycles. The van der Waals surface area contributed by atoms with E-state index in [0.717, 1.165) is 17.7 Å². The fourth-order valence-corrected chi connectivity index (χ4v) is 2.84. The average Bonchev–Trinajstić information content (AvgIpc) is 2.55. The van der Waals surface area contributed by atoms with E-state index in [2.05, 4.69) is 11.4 Å². The van der Waals surface area contributed by atoms with Crippen molar-refractivity contribution >= 4 is 17.5 Å². The van der Waals surface area contributed by atoms with Gasteiger partial charge in [0.15, 0.2) is 0 Å². The molecule has 114 valence electrons. The van der Waals surface area contributed by atoms with Crippen molar-refractivity contribution in [3.63, 3.8) is 0 Å². The highest BCUT2D eigenvalue weighted by Gasteiger charge is 2.21. The number of nitrogens with one attached hydrogen (secondary N) is 1. The molecule has 0 saturated carbocycles. The van der Waals surface area contributed by atoms with E-state index in [1.54, 1.807) is 12.1 Å². The predicted octanol–water partition coefficient (Wildman–Crippen LogP) is 3.57. The lowest BCUT2D eigenvalue weighted by atomic mass is 9.93. The van der Waals surface area contributed by atoms with Gasteiger partial charge in [0.2, 0.25) is 5.91 Å². The van der Waals surface area contributed by atoms with E-state index >= 15 is 0 Å². The van der Waals surface area contributed by atoms with Gasteiger partial charge in [0.05, 0.1) is 13.0 Å². The van der Waals surface area contributed by atoms with Crippen LogP contribution in [0.3, 0.4) is 0 Å². The molecule has 1 amide bonds. The summed E-state index contributed by atoms with van der Waals surface area (Å²) in [4.78, 5) is 12.1. The summed E-state index contributed by atoms with van der Waals surface area (Å²) in [7, 11) is 0. The summed E-state index contributed by atoms with van der Waals surface area (Å²) in [5, 5.41) is 3.71. The molecule has 1 N–H and O–H groups in total. The summed E-state index contributed by atoms with van der Waals surface area (Å²) in [6.45, 7) is 1.35. The highest BCUT2D eigenvalue weighted by atomic mass is 35.5. The molecule has 1 aliphatic heterocycles. The molecule has 0 spiro atoms. The van der Waals surface area contributed by atoms with Gasteiger partial charge in [-0.25, -0.2) is 0 Å². The molecular formula is C18H18ClNO2. The number of ether oxygens (including phenoxy) is 1. The van der Waals surface area contributed by atoms with Gasteiger partial charge in [-0.15, -0.1) is 0 Å². The molecule has 2 aromatic carbocycles. The van der Waals surface area contributed by atoms with Crippen molar-refractivity contribution in [3.8, 4) is 5.75 Å². The number of para-hydroxylation sites is 1. The number of halogens is 1. The Morgan fingerprint density at radius 1 is 1.18 bits per heavy atom. The van der Waals surface area contributed by atoms with Crippen LogP contribution in [0.15, 0.2) is 48.5 Å². The van der Waals surface area contributed by atoms with E-state index < -0.39 is 0 Å². The average molecular weight is 316 g/mol. The van der Waals surface area contributed by atoms with Crippen LogP contribution in [0.5, 0.6) is 5.75 Å². The highest BCUT2D eigenvalue weighted by Crippen LogP contribution is 2.32. The van der Waals surface area contributed by atoms with Crippen molar-refractivity contribution in [2.45, 2.75) is 18.8 Å². The van der Waals surface area contributed by atoms with Crippen LogP contribution in [0.25, 0.3) is 0 Å². The first-order chi connectivity index (χ1) is 10.7. The molecule has 0 aromatic heterocycles. The molecule has 1 aliphatic rings. The van der Waals surface area contributed by atoms with Gasteiger partial charge in [0, 0.05) is 17.5 Å². The first kappa shape index (κ1) is 14.9. The molecule has 0 bridgehead atoms. The maximum absolute atomic E-state index is 12.1. The van der Waals surface area contributed by atoms with E-state index in [-0.39, 0.29) is 5.91 Å². The maximum atomic E-state index is 12.1. The number of hydrogen-bond donors (Lipinski definition) is 1. The second-order valence-electron chi connectivity index (χ2n) is 5.48. The topological polar surface area (TPSA) is 38.3 Å². The largest absolute Gasteiger partial charge is 0.493 e. The number of carbonyl (C=O) groups excluding carboxylic acids is 1. The third kappa shape index (κ3) is 3.60. The fraction of sp³-hybridized carbons (Fsp3) is 0.278. The first-order valence-electron chi connectivity index (χ1n) is 7.45. The van der Waals surface area contributed by atoms with Gasteiger partial charge in [-0.1, -0.05) is 41.9 Å². The number of benzene rings is 2. The Labute approximate surface area is 135 Å². The molecule has 0 fully saturated rings. The van der Waals surface area contributed by atoms with Gasteiger partial charge in [-0.2, -0.15) is 0 Å². The molecule has 1 atom stereocenters. The van der Waals surface area contributed by atoms with Gasteiger partial charge in [-0.3, -0.25) is 4.79 Å². The normalized spacial score (nSPS) is 16.5. The quantitative estimate of drug-likeness (QED) is 0.936. The Hall–Kier alpha value is -2.00. The SMILES string of the molecule is O=C(Cc1ccc(Cl)cc1)NCC1CCOc2ccccc21. The minimum atomic E-state index is 0.0336. The number of rotatable bonds is 4. The summed E-state index contributed by atoms with van der Waals surface area (Å²) in [5.74, 6) is 1.29. The molecule has 0 aliphatic carbocycles. The van der Waals surface area contributed by atoms with E-state index in [4.69, 9.17) is 16.3 Å². The van der Waals surface area contributed by atoms with Gasteiger partial charge in [0.1, 0.15) is 5.75 Å². The summed E-state index contributed by atoms with van der Waals surface area (Å²) >= 11 is 5.85. The lowest BCUT2D eigenvalue weighted by Gasteiger charge is -2.26. The van der Waals surface area contributed by atoms with E-state index in [1.807, 2.05) is 30.3 Å². The molecule has 1 unspecified atom stereocenters. The monoisotopic (exact) mass is 315 g/mol. The maximum Gasteiger partial charge on any atom is 0.224 e. The molecule has 4 heteroatoms. The zero-order chi connectivity index (χ0) is 15.4. The Kier molecular flexibility index (Phi) is 4.64. The first-order valence-corrected chi connectivity index (χ1v) is 7.83. The number of carbonyl (C=O) groups is 1. The van der Waals surface area contributed by atoms with Crippen LogP contribution in [-0.2, 0) is 11.2 Å². The summed E-state index contributed by atoms with van der Waals surface area (Å²) in [5.41, 5.74) is 2.15. The lowest BCUT2D eigenvalue weighted by molar-refractivity contribution is -0.120. The second kappa shape index (κ2) is 6.84. The molecule has 0 saturated heterocycles. The molecule has 2 aromatic rings. The van der Waals surface area contributed by atoms with Crippen molar-refractivity contribution in [1.29, 1.82) is 0 Å². The van der Waals surface area contributed by atoms with E-state index in [0.29, 0.717) is 30.5 Å². The summed E-state index contributed by atoms with van der Waals surface area (Å²) < 4.78 is 5.64.